The number of esters is 3. The molecule has 1 aliphatic rings. The smallest absolute Gasteiger partial charge is 0.335 e. The molecule has 71 heavy (non-hydrogen) atoms. The molecule has 1 rings (SSSR count). The van der Waals surface area contributed by atoms with E-state index in [4.69, 9.17) is 23.7 Å². The fraction of sp³-hybridized carbons (Fsp3) is 0.797. The quantitative estimate of drug-likeness (QED) is 0.0228. The third-order valence-corrected chi connectivity index (χ3v) is 12.9. The predicted octanol–water partition coefficient (Wildman–Crippen LogP) is 14.2. The highest BCUT2D eigenvalue weighted by Gasteiger charge is 2.50. The zero-order valence-electron chi connectivity index (χ0n) is 45.0. The standard InChI is InChI=1S/C59H102O12/c1-4-7-10-13-16-19-22-25-26-29-30-33-36-39-42-45-51(60)67-48-50(69-52(61)46-43-40-37-34-31-27-23-20-17-14-11-8-5-2)49-68-59-57(55(64)54(63)56(71-59)58(65)66)70-53(62)47-44-41-38-35-32-28-24-21-18-15-12-9-6-3/h12,15-16,19,21,24-26,50,54-57,59,63-64H,4-11,13-14,17-18,20,22-23,27-49H2,1-3H3,(H,65,66)/b15-12-,19-16-,24-21-,26-25-. The van der Waals surface area contributed by atoms with Crippen molar-refractivity contribution in [2.75, 3.05) is 13.2 Å². The Bertz CT molecular complexity index is 1420. The number of hydrogen-bond acceptors (Lipinski definition) is 11. The van der Waals surface area contributed by atoms with E-state index in [9.17, 15) is 34.5 Å². The highest BCUT2D eigenvalue weighted by molar-refractivity contribution is 5.74. The zero-order chi connectivity index (χ0) is 51.8. The van der Waals surface area contributed by atoms with Crippen LogP contribution >= 0.6 is 0 Å². The fourth-order valence-corrected chi connectivity index (χ4v) is 8.44. The Morgan fingerprint density at radius 3 is 1.35 bits per heavy atom. The Kier molecular flexibility index (Phi) is 44.1. The van der Waals surface area contributed by atoms with Gasteiger partial charge >= 0.3 is 23.9 Å². The Labute approximate surface area is 431 Å². The van der Waals surface area contributed by atoms with Gasteiger partial charge in [0.15, 0.2) is 24.6 Å². The summed E-state index contributed by atoms with van der Waals surface area (Å²) in [6.07, 6.45) is 43.7. The number of aliphatic carboxylic acids is 1. The molecule has 0 aromatic rings. The van der Waals surface area contributed by atoms with Gasteiger partial charge in [0.2, 0.25) is 0 Å². The fourth-order valence-electron chi connectivity index (χ4n) is 8.44. The van der Waals surface area contributed by atoms with Gasteiger partial charge < -0.3 is 39.0 Å². The van der Waals surface area contributed by atoms with Crippen LogP contribution in [-0.2, 0) is 42.9 Å². The van der Waals surface area contributed by atoms with E-state index in [1.54, 1.807) is 0 Å². The molecular formula is C59H102O12. The van der Waals surface area contributed by atoms with Gasteiger partial charge in [0, 0.05) is 19.3 Å². The number of hydrogen-bond donors (Lipinski definition) is 3. The van der Waals surface area contributed by atoms with Crippen LogP contribution in [0, 0.1) is 0 Å². The van der Waals surface area contributed by atoms with Gasteiger partial charge in [-0.3, -0.25) is 14.4 Å². The van der Waals surface area contributed by atoms with Crippen molar-refractivity contribution < 1.29 is 58.2 Å². The minimum atomic E-state index is -1.91. The van der Waals surface area contributed by atoms with Crippen molar-refractivity contribution >= 4 is 23.9 Å². The Morgan fingerprint density at radius 1 is 0.465 bits per heavy atom. The molecule has 0 saturated carbocycles. The van der Waals surface area contributed by atoms with Crippen molar-refractivity contribution in [1.29, 1.82) is 0 Å². The normalized spacial score (nSPS) is 18.8. The van der Waals surface area contributed by atoms with Gasteiger partial charge in [-0.1, -0.05) is 204 Å². The maximum Gasteiger partial charge on any atom is 0.335 e. The number of carboxylic acids is 1. The van der Waals surface area contributed by atoms with E-state index in [0.29, 0.717) is 19.3 Å². The van der Waals surface area contributed by atoms with Crippen LogP contribution in [-0.4, -0.2) is 89.2 Å². The van der Waals surface area contributed by atoms with E-state index in [1.807, 2.05) is 0 Å². The number of aliphatic hydroxyl groups excluding tert-OH is 2. The topological polar surface area (TPSA) is 175 Å². The van der Waals surface area contributed by atoms with Crippen LogP contribution in [0.1, 0.15) is 252 Å². The van der Waals surface area contributed by atoms with E-state index in [0.717, 1.165) is 116 Å². The van der Waals surface area contributed by atoms with E-state index >= 15 is 0 Å². The third kappa shape index (κ3) is 38.0. The van der Waals surface area contributed by atoms with Crippen molar-refractivity contribution in [3.8, 4) is 0 Å². The molecule has 12 nitrogen and oxygen atoms in total. The van der Waals surface area contributed by atoms with Crippen molar-refractivity contribution in [3.63, 3.8) is 0 Å². The molecule has 1 saturated heterocycles. The van der Waals surface area contributed by atoms with Crippen LogP contribution < -0.4 is 0 Å². The second kappa shape index (κ2) is 47.7. The lowest BCUT2D eigenvalue weighted by molar-refractivity contribution is -0.301. The number of rotatable bonds is 48. The first kappa shape index (κ1) is 65.7. The first-order chi connectivity index (χ1) is 34.6. The zero-order valence-corrected chi connectivity index (χ0v) is 45.0. The third-order valence-electron chi connectivity index (χ3n) is 12.9. The first-order valence-corrected chi connectivity index (χ1v) is 28.6. The van der Waals surface area contributed by atoms with Crippen molar-refractivity contribution in [2.45, 2.75) is 289 Å². The molecule has 1 fully saturated rings. The van der Waals surface area contributed by atoms with Crippen LogP contribution in [0.3, 0.4) is 0 Å². The molecular weight excluding hydrogens is 901 g/mol. The molecule has 12 heteroatoms. The molecule has 0 aromatic carbocycles. The summed E-state index contributed by atoms with van der Waals surface area (Å²) in [6, 6.07) is 0. The number of carbonyl (C=O) groups is 4. The Balaban J connectivity index is 2.72. The second-order valence-corrected chi connectivity index (χ2v) is 19.6. The Hall–Kier alpha value is -3.32. The van der Waals surface area contributed by atoms with Gasteiger partial charge in [0.25, 0.3) is 0 Å². The molecule has 0 aliphatic carbocycles. The van der Waals surface area contributed by atoms with Gasteiger partial charge in [-0.05, 0) is 77.0 Å². The van der Waals surface area contributed by atoms with Crippen LogP contribution in [0.2, 0.25) is 0 Å². The monoisotopic (exact) mass is 1000 g/mol. The lowest BCUT2D eigenvalue weighted by Gasteiger charge is -2.40. The average molecular weight is 1000 g/mol. The summed E-state index contributed by atoms with van der Waals surface area (Å²) in [6.45, 7) is 5.88. The molecule has 3 N–H and O–H groups in total. The number of carbonyl (C=O) groups excluding carboxylic acids is 3. The largest absolute Gasteiger partial charge is 0.479 e. The number of ether oxygens (including phenoxy) is 5. The van der Waals surface area contributed by atoms with Crippen LogP contribution in [0.4, 0.5) is 0 Å². The number of unbranched alkanes of at least 4 members (excludes halogenated alkanes) is 26. The van der Waals surface area contributed by atoms with Gasteiger partial charge in [0.1, 0.15) is 18.8 Å². The molecule has 0 aromatic heterocycles. The summed E-state index contributed by atoms with van der Waals surface area (Å²) in [4.78, 5) is 51.0. The molecule has 0 spiro atoms. The lowest BCUT2D eigenvalue weighted by atomic mass is 9.98. The van der Waals surface area contributed by atoms with Crippen LogP contribution in [0.25, 0.3) is 0 Å². The maximum atomic E-state index is 13.1. The molecule has 1 heterocycles. The van der Waals surface area contributed by atoms with Gasteiger partial charge in [0.05, 0.1) is 6.61 Å². The molecule has 6 atom stereocenters. The van der Waals surface area contributed by atoms with Gasteiger partial charge in [-0.2, -0.15) is 0 Å². The summed E-state index contributed by atoms with van der Waals surface area (Å²) >= 11 is 0. The first-order valence-electron chi connectivity index (χ1n) is 28.6. The number of allylic oxidation sites excluding steroid dienone is 8. The van der Waals surface area contributed by atoms with Crippen molar-refractivity contribution in [1.82, 2.24) is 0 Å². The maximum absolute atomic E-state index is 13.1. The predicted molar refractivity (Wildman–Crippen MR) is 285 cm³/mol. The molecule has 0 radical (unpaired) electrons. The number of carboxylic acid groups (broad SMARTS) is 1. The highest BCUT2D eigenvalue weighted by Crippen LogP contribution is 2.26. The second-order valence-electron chi connectivity index (χ2n) is 19.6. The van der Waals surface area contributed by atoms with Crippen LogP contribution in [0.5, 0.6) is 0 Å². The van der Waals surface area contributed by atoms with E-state index < -0.39 is 67.3 Å². The van der Waals surface area contributed by atoms with Gasteiger partial charge in [-0.25, -0.2) is 4.79 Å². The van der Waals surface area contributed by atoms with E-state index in [2.05, 4.69) is 69.4 Å². The lowest BCUT2D eigenvalue weighted by Crippen LogP contribution is -2.61. The Morgan fingerprint density at radius 2 is 0.873 bits per heavy atom. The summed E-state index contributed by atoms with van der Waals surface area (Å²) in [5.74, 6) is -3.14. The summed E-state index contributed by atoms with van der Waals surface area (Å²) in [5, 5.41) is 31.4. The van der Waals surface area contributed by atoms with Crippen molar-refractivity contribution in [3.05, 3.63) is 48.6 Å². The average Bonchev–Trinajstić information content (AvgIpc) is 3.35. The summed E-state index contributed by atoms with van der Waals surface area (Å²) < 4.78 is 28.4. The minimum absolute atomic E-state index is 0.0441. The number of aliphatic hydroxyl groups is 2. The molecule has 1 aliphatic heterocycles. The van der Waals surface area contributed by atoms with Crippen molar-refractivity contribution in [2.24, 2.45) is 0 Å². The highest BCUT2D eigenvalue weighted by atomic mass is 16.7. The molecule has 6 unspecified atom stereocenters. The van der Waals surface area contributed by atoms with Crippen LogP contribution in [0.15, 0.2) is 48.6 Å². The summed E-state index contributed by atoms with van der Waals surface area (Å²) in [7, 11) is 0. The van der Waals surface area contributed by atoms with E-state index in [-0.39, 0.29) is 25.9 Å². The summed E-state index contributed by atoms with van der Waals surface area (Å²) in [5.41, 5.74) is 0. The molecule has 0 amide bonds. The minimum Gasteiger partial charge on any atom is -0.479 e. The molecule has 0 bridgehead atoms. The SMILES string of the molecule is CCC/C=C\C/C=C\CCCCCCCC(=O)OC1C(OCC(COC(=O)CCCCCCC/C=C\C/C=C\CCCCC)OC(=O)CCCCCCCCCCCCCCC)OC(C(=O)O)C(O)C1O. The van der Waals surface area contributed by atoms with E-state index in [1.165, 1.54) is 77.0 Å². The molecule has 410 valence electrons. The van der Waals surface area contributed by atoms with Gasteiger partial charge in [-0.15, -0.1) is 0 Å².